The lowest BCUT2D eigenvalue weighted by Crippen LogP contribution is -2.03. The first-order valence-electron chi connectivity index (χ1n) is 2.11. The molecular weight excluding hydrogens is 142 g/mol. The van der Waals surface area contributed by atoms with Gasteiger partial charge in [-0.05, 0) is 13.0 Å². The molecule has 0 aromatic carbocycles. The SMILES string of the molecule is CC(Br)CCN. The summed E-state index contributed by atoms with van der Waals surface area (Å²) in [5, 5.41) is 0. The molecule has 0 aliphatic carbocycles. The van der Waals surface area contributed by atoms with E-state index in [1.165, 1.54) is 0 Å². The van der Waals surface area contributed by atoms with Gasteiger partial charge in [-0.1, -0.05) is 22.9 Å². The molecule has 0 aliphatic rings. The van der Waals surface area contributed by atoms with Gasteiger partial charge in [-0.15, -0.1) is 0 Å². The summed E-state index contributed by atoms with van der Waals surface area (Å²) in [6, 6.07) is 0. The van der Waals surface area contributed by atoms with Gasteiger partial charge in [0.1, 0.15) is 0 Å². The lowest BCUT2D eigenvalue weighted by molar-refractivity contribution is 0.834. The van der Waals surface area contributed by atoms with Gasteiger partial charge in [-0.2, -0.15) is 0 Å². The average molecular weight is 152 g/mol. The molecule has 1 unspecified atom stereocenters. The van der Waals surface area contributed by atoms with E-state index >= 15 is 0 Å². The Morgan fingerprint density at radius 3 is 2.33 bits per heavy atom. The fraction of sp³-hybridized carbons (Fsp3) is 1.00. The minimum absolute atomic E-state index is 0.586. The van der Waals surface area contributed by atoms with E-state index in [-0.39, 0.29) is 0 Å². The Hall–Kier alpha value is 0.440. The highest BCUT2D eigenvalue weighted by atomic mass is 79.9. The molecule has 0 saturated heterocycles. The second kappa shape index (κ2) is 3.62. The normalized spacial score (nSPS) is 14.5. The van der Waals surface area contributed by atoms with Crippen LogP contribution in [-0.4, -0.2) is 11.4 Å². The zero-order chi connectivity index (χ0) is 4.99. The summed E-state index contributed by atoms with van der Waals surface area (Å²) >= 11 is 3.35. The van der Waals surface area contributed by atoms with E-state index in [9.17, 15) is 0 Å². The first kappa shape index (κ1) is 6.44. The van der Waals surface area contributed by atoms with Gasteiger partial charge < -0.3 is 5.73 Å². The average Bonchev–Trinajstić information content (AvgIpc) is 1.35. The summed E-state index contributed by atoms with van der Waals surface area (Å²) in [5.74, 6) is 0. The first-order chi connectivity index (χ1) is 2.77. The standard InChI is InChI=1S/C4H10BrN/c1-4(5)2-3-6/h4H,2-3,6H2,1H3. The molecule has 0 aromatic heterocycles. The van der Waals surface area contributed by atoms with Crippen molar-refractivity contribution >= 4 is 15.9 Å². The second-order valence-electron chi connectivity index (χ2n) is 1.36. The Morgan fingerprint density at radius 2 is 2.33 bits per heavy atom. The van der Waals surface area contributed by atoms with Gasteiger partial charge in [0.05, 0.1) is 0 Å². The van der Waals surface area contributed by atoms with Gasteiger partial charge in [0.2, 0.25) is 0 Å². The van der Waals surface area contributed by atoms with Gasteiger partial charge >= 0.3 is 0 Å². The maximum Gasteiger partial charge on any atom is 0.0129 e. The van der Waals surface area contributed by atoms with Crippen molar-refractivity contribution in [2.75, 3.05) is 6.54 Å². The van der Waals surface area contributed by atoms with Crippen LogP contribution >= 0.6 is 15.9 Å². The van der Waals surface area contributed by atoms with Crippen LogP contribution in [0.25, 0.3) is 0 Å². The zero-order valence-corrected chi connectivity index (χ0v) is 5.53. The molecule has 0 fully saturated rings. The van der Waals surface area contributed by atoms with Crippen molar-refractivity contribution in [3.8, 4) is 0 Å². The molecule has 0 amide bonds. The maximum absolute atomic E-state index is 5.20. The summed E-state index contributed by atoms with van der Waals surface area (Å²) in [7, 11) is 0. The van der Waals surface area contributed by atoms with E-state index < -0.39 is 0 Å². The number of halogens is 1. The van der Waals surface area contributed by atoms with Crippen LogP contribution in [0, 0.1) is 0 Å². The lowest BCUT2D eigenvalue weighted by atomic mass is 10.3. The summed E-state index contributed by atoms with van der Waals surface area (Å²) < 4.78 is 0. The van der Waals surface area contributed by atoms with Crippen LogP contribution in [0.4, 0.5) is 0 Å². The number of nitrogens with two attached hydrogens (primary N) is 1. The van der Waals surface area contributed by atoms with Crippen molar-refractivity contribution < 1.29 is 0 Å². The van der Waals surface area contributed by atoms with Gasteiger partial charge in [0.25, 0.3) is 0 Å². The Kier molecular flexibility index (Phi) is 3.89. The summed E-state index contributed by atoms with van der Waals surface area (Å²) in [6.45, 7) is 2.87. The molecule has 6 heavy (non-hydrogen) atoms. The number of alkyl halides is 1. The van der Waals surface area contributed by atoms with Crippen LogP contribution in [-0.2, 0) is 0 Å². The third-order valence-corrected chi connectivity index (χ3v) is 1.02. The van der Waals surface area contributed by atoms with Gasteiger partial charge in [-0.25, -0.2) is 0 Å². The fourth-order valence-corrected chi connectivity index (χ4v) is 0.494. The second-order valence-corrected chi connectivity index (χ2v) is 2.92. The van der Waals surface area contributed by atoms with Crippen LogP contribution in [0.3, 0.4) is 0 Å². The van der Waals surface area contributed by atoms with Crippen molar-refractivity contribution in [3.63, 3.8) is 0 Å². The molecule has 0 bridgehead atoms. The van der Waals surface area contributed by atoms with Crippen LogP contribution < -0.4 is 5.73 Å². The monoisotopic (exact) mass is 151 g/mol. The third kappa shape index (κ3) is 4.44. The Balaban J connectivity index is 2.63. The molecule has 2 heteroatoms. The van der Waals surface area contributed by atoms with Crippen LogP contribution in [0.1, 0.15) is 13.3 Å². The Morgan fingerprint density at radius 1 is 1.83 bits per heavy atom. The molecule has 0 radical (unpaired) electrons. The van der Waals surface area contributed by atoms with Crippen molar-refractivity contribution in [1.29, 1.82) is 0 Å². The number of hydrogen-bond donors (Lipinski definition) is 1. The fourth-order valence-electron chi connectivity index (χ4n) is 0.230. The molecule has 0 rings (SSSR count). The van der Waals surface area contributed by atoms with Crippen LogP contribution in [0.2, 0.25) is 0 Å². The molecule has 0 aromatic rings. The van der Waals surface area contributed by atoms with E-state index in [0.29, 0.717) is 4.83 Å². The van der Waals surface area contributed by atoms with Gasteiger partial charge in [-0.3, -0.25) is 0 Å². The van der Waals surface area contributed by atoms with Crippen LogP contribution in [0.15, 0.2) is 0 Å². The molecular formula is C4H10BrN. The minimum Gasteiger partial charge on any atom is -0.330 e. The van der Waals surface area contributed by atoms with E-state index in [1.54, 1.807) is 0 Å². The quantitative estimate of drug-likeness (QED) is 0.589. The van der Waals surface area contributed by atoms with Crippen LogP contribution in [0.5, 0.6) is 0 Å². The molecule has 0 spiro atoms. The smallest absolute Gasteiger partial charge is 0.0129 e. The number of rotatable bonds is 2. The van der Waals surface area contributed by atoms with E-state index in [1.807, 2.05) is 0 Å². The van der Waals surface area contributed by atoms with Crippen molar-refractivity contribution in [2.24, 2.45) is 5.73 Å². The summed E-state index contributed by atoms with van der Waals surface area (Å²) in [4.78, 5) is 0.586. The van der Waals surface area contributed by atoms with E-state index in [0.717, 1.165) is 13.0 Å². The Labute approximate surface area is 47.0 Å². The molecule has 1 atom stereocenters. The molecule has 0 saturated carbocycles. The molecule has 38 valence electrons. The maximum atomic E-state index is 5.20. The minimum atomic E-state index is 0.586. The third-order valence-electron chi connectivity index (χ3n) is 0.564. The highest BCUT2D eigenvalue weighted by Gasteiger charge is 1.88. The zero-order valence-electron chi connectivity index (χ0n) is 3.95. The van der Waals surface area contributed by atoms with E-state index in [2.05, 4.69) is 22.9 Å². The van der Waals surface area contributed by atoms with Crippen molar-refractivity contribution in [1.82, 2.24) is 0 Å². The van der Waals surface area contributed by atoms with Gasteiger partial charge in [0, 0.05) is 4.83 Å². The molecule has 0 heterocycles. The molecule has 1 nitrogen and oxygen atoms in total. The highest BCUT2D eigenvalue weighted by molar-refractivity contribution is 9.09. The van der Waals surface area contributed by atoms with Crippen molar-refractivity contribution in [3.05, 3.63) is 0 Å². The predicted molar refractivity (Wildman–Crippen MR) is 32.1 cm³/mol. The molecule has 2 N–H and O–H groups in total. The van der Waals surface area contributed by atoms with Crippen molar-refractivity contribution in [2.45, 2.75) is 18.2 Å². The summed E-state index contributed by atoms with van der Waals surface area (Å²) in [6.07, 6.45) is 1.07. The number of hydrogen-bond acceptors (Lipinski definition) is 1. The van der Waals surface area contributed by atoms with E-state index in [4.69, 9.17) is 5.73 Å². The summed E-state index contributed by atoms with van der Waals surface area (Å²) in [5.41, 5.74) is 5.20. The lowest BCUT2D eigenvalue weighted by Gasteiger charge is -1.93. The largest absolute Gasteiger partial charge is 0.330 e. The predicted octanol–water partition coefficient (Wildman–Crippen LogP) is 1.12. The topological polar surface area (TPSA) is 26.0 Å². The first-order valence-corrected chi connectivity index (χ1v) is 3.03. The highest BCUT2D eigenvalue weighted by Crippen LogP contribution is 1.99. The Bertz CT molecular complexity index is 28.7. The van der Waals surface area contributed by atoms with Gasteiger partial charge in [0.15, 0.2) is 0 Å². The molecule has 0 aliphatic heterocycles.